The monoisotopic (exact) mass is 320 g/mol. The van der Waals surface area contributed by atoms with Gasteiger partial charge in [0, 0.05) is 18.4 Å². The number of anilines is 1. The molecule has 0 saturated carbocycles. The molecule has 1 aromatic carbocycles. The lowest BCUT2D eigenvalue weighted by Gasteiger charge is -2.07. The van der Waals surface area contributed by atoms with E-state index in [2.05, 4.69) is 12.2 Å². The van der Waals surface area contributed by atoms with Gasteiger partial charge in [-0.25, -0.2) is 0 Å². The average Bonchev–Trinajstić information content (AvgIpc) is 2.77. The number of benzene rings is 1. The van der Waals surface area contributed by atoms with Crippen LogP contribution in [0.25, 0.3) is 0 Å². The normalized spacial score (nSPS) is 10.5. The molecule has 2 rings (SSSR count). The van der Waals surface area contributed by atoms with Crippen LogP contribution in [0.1, 0.15) is 35.1 Å². The summed E-state index contributed by atoms with van der Waals surface area (Å²) in [5, 5.41) is 2.80. The molecule has 1 amide bonds. The Morgan fingerprint density at radius 3 is 2.55 bits per heavy atom. The zero-order valence-electron chi connectivity index (χ0n) is 13.0. The number of aromatic nitrogens is 1. The molecule has 1 aromatic heterocycles. The maximum atomic E-state index is 12.2. The highest BCUT2D eigenvalue weighted by Crippen LogP contribution is 2.18. The molecule has 118 valence electrons. The molecule has 1 heterocycles. The van der Waals surface area contributed by atoms with Crippen molar-refractivity contribution in [2.24, 2.45) is 7.05 Å². The predicted molar refractivity (Wildman–Crippen MR) is 89.1 cm³/mol. The molecular formula is C16H20N2O3S. The molecule has 0 spiro atoms. The van der Waals surface area contributed by atoms with Crippen LogP contribution in [0, 0.1) is 6.92 Å². The van der Waals surface area contributed by atoms with Gasteiger partial charge in [0.2, 0.25) is 0 Å². The Kier molecular flexibility index (Phi) is 5.38. The van der Waals surface area contributed by atoms with E-state index in [0.717, 1.165) is 29.9 Å². The molecule has 0 fully saturated rings. The molecule has 5 nitrogen and oxygen atoms in total. The van der Waals surface area contributed by atoms with Crippen molar-refractivity contribution in [3.8, 4) is 5.75 Å². The molecule has 0 bridgehead atoms. The van der Waals surface area contributed by atoms with E-state index in [9.17, 15) is 9.59 Å². The SMILES string of the molecule is CCCCOc1ccc(NC(=O)c2sc(=O)n(C)c2C)cc1. The lowest BCUT2D eigenvalue weighted by Crippen LogP contribution is -2.12. The van der Waals surface area contributed by atoms with Gasteiger partial charge in [-0.3, -0.25) is 9.59 Å². The summed E-state index contributed by atoms with van der Waals surface area (Å²) >= 11 is 0.956. The van der Waals surface area contributed by atoms with Crippen LogP contribution in [-0.2, 0) is 7.05 Å². The summed E-state index contributed by atoms with van der Waals surface area (Å²) in [7, 11) is 1.66. The second-order valence-corrected chi connectivity index (χ2v) is 5.98. The summed E-state index contributed by atoms with van der Waals surface area (Å²) in [6.07, 6.45) is 2.11. The van der Waals surface area contributed by atoms with Crippen LogP contribution in [0.4, 0.5) is 5.69 Å². The topological polar surface area (TPSA) is 60.3 Å². The zero-order chi connectivity index (χ0) is 16.1. The first-order valence-electron chi connectivity index (χ1n) is 7.23. The third-order valence-electron chi connectivity index (χ3n) is 3.38. The molecular weight excluding hydrogens is 300 g/mol. The highest BCUT2D eigenvalue weighted by molar-refractivity contribution is 7.11. The molecule has 0 unspecified atom stereocenters. The Bertz CT molecular complexity index is 701. The Morgan fingerprint density at radius 2 is 2.00 bits per heavy atom. The molecule has 0 aliphatic carbocycles. The summed E-state index contributed by atoms with van der Waals surface area (Å²) < 4.78 is 7.05. The van der Waals surface area contributed by atoms with Gasteiger partial charge in [0.25, 0.3) is 5.91 Å². The number of hydrogen-bond acceptors (Lipinski definition) is 4. The third-order valence-corrected chi connectivity index (χ3v) is 4.51. The Labute approximate surface area is 133 Å². The van der Waals surface area contributed by atoms with Crippen LogP contribution in [0.15, 0.2) is 29.1 Å². The van der Waals surface area contributed by atoms with E-state index in [1.807, 2.05) is 12.1 Å². The zero-order valence-corrected chi connectivity index (χ0v) is 13.8. The number of carbonyl (C=O) groups excluding carboxylic acids is 1. The number of unbranched alkanes of at least 4 members (excludes halogenated alkanes) is 1. The highest BCUT2D eigenvalue weighted by Gasteiger charge is 2.15. The van der Waals surface area contributed by atoms with E-state index < -0.39 is 0 Å². The minimum absolute atomic E-state index is 0.137. The van der Waals surface area contributed by atoms with Crippen LogP contribution < -0.4 is 14.9 Å². The molecule has 0 radical (unpaired) electrons. The number of thiazole rings is 1. The van der Waals surface area contributed by atoms with Crippen LogP contribution in [0.3, 0.4) is 0 Å². The molecule has 2 aromatic rings. The Morgan fingerprint density at radius 1 is 1.32 bits per heavy atom. The summed E-state index contributed by atoms with van der Waals surface area (Å²) in [4.78, 5) is 24.1. The number of amides is 1. The minimum Gasteiger partial charge on any atom is -0.494 e. The van der Waals surface area contributed by atoms with Gasteiger partial charge in [-0.2, -0.15) is 0 Å². The predicted octanol–water partition coefficient (Wildman–Crippen LogP) is 3.19. The Balaban J connectivity index is 2.02. The molecule has 0 aliphatic rings. The second kappa shape index (κ2) is 7.26. The first kappa shape index (κ1) is 16.3. The first-order valence-corrected chi connectivity index (χ1v) is 8.05. The van der Waals surface area contributed by atoms with Crippen molar-refractivity contribution in [3.05, 3.63) is 44.5 Å². The van der Waals surface area contributed by atoms with Crippen molar-refractivity contribution >= 4 is 22.9 Å². The maximum Gasteiger partial charge on any atom is 0.307 e. The van der Waals surface area contributed by atoms with Crippen LogP contribution in [0.2, 0.25) is 0 Å². The van der Waals surface area contributed by atoms with E-state index in [0.29, 0.717) is 22.9 Å². The van der Waals surface area contributed by atoms with Gasteiger partial charge in [0.15, 0.2) is 0 Å². The third kappa shape index (κ3) is 3.76. The van der Waals surface area contributed by atoms with Gasteiger partial charge in [0.1, 0.15) is 10.6 Å². The lowest BCUT2D eigenvalue weighted by molar-refractivity contribution is 0.102. The summed E-state index contributed by atoms with van der Waals surface area (Å²) in [6, 6.07) is 7.23. The molecule has 1 N–H and O–H groups in total. The summed E-state index contributed by atoms with van der Waals surface area (Å²) in [5.41, 5.74) is 1.35. The number of nitrogens with zero attached hydrogens (tertiary/aromatic N) is 1. The van der Waals surface area contributed by atoms with Gasteiger partial charge in [-0.05, 0) is 37.6 Å². The lowest BCUT2D eigenvalue weighted by atomic mass is 10.3. The fourth-order valence-electron chi connectivity index (χ4n) is 1.89. The van der Waals surface area contributed by atoms with Gasteiger partial charge in [-0.15, -0.1) is 0 Å². The number of ether oxygens (including phenoxy) is 1. The van der Waals surface area contributed by atoms with Crippen molar-refractivity contribution in [1.29, 1.82) is 0 Å². The summed E-state index contributed by atoms with van der Waals surface area (Å²) in [6.45, 7) is 4.57. The maximum absolute atomic E-state index is 12.2. The van der Waals surface area contributed by atoms with Gasteiger partial charge >= 0.3 is 4.87 Å². The highest BCUT2D eigenvalue weighted by atomic mass is 32.1. The van der Waals surface area contributed by atoms with Crippen molar-refractivity contribution in [2.75, 3.05) is 11.9 Å². The number of hydrogen-bond donors (Lipinski definition) is 1. The Hall–Kier alpha value is -2.08. The number of carbonyl (C=O) groups is 1. The molecule has 22 heavy (non-hydrogen) atoms. The van der Waals surface area contributed by atoms with Crippen LogP contribution >= 0.6 is 11.3 Å². The second-order valence-electron chi connectivity index (χ2n) is 5.02. The van der Waals surface area contributed by atoms with E-state index in [1.165, 1.54) is 4.57 Å². The molecule has 0 saturated heterocycles. The fraction of sp³-hybridized carbons (Fsp3) is 0.375. The van der Waals surface area contributed by atoms with Gasteiger partial charge in [0.05, 0.1) is 6.61 Å². The van der Waals surface area contributed by atoms with Gasteiger partial charge in [-0.1, -0.05) is 24.7 Å². The molecule has 6 heteroatoms. The smallest absolute Gasteiger partial charge is 0.307 e. The van der Waals surface area contributed by atoms with E-state index in [4.69, 9.17) is 4.74 Å². The first-order chi connectivity index (χ1) is 10.5. The number of nitrogens with one attached hydrogen (secondary N) is 1. The van der Waals surface area contributed by atoms with E-state index in [-0.39, 0.29) is 10.8 Å². The van der Waals surface area contributed by atoms with Crippen LogP contribution in [0.5, 0.6) is 5.75 Å². The van der Waals surface area contributed by atoms with E-state index >= 15 is 0 Å². The quantitative estimate of drug-likeness (QED) is 0.832. The molecule has 0 aliphatic heterocycles. The van der Waals surface area contributed by atoms with Crippen molar-refractivity contribution < 1.29 is 9.53 Å². The number of rotatable bonds is 6. The standard InChI is InChI=1S/C16H20N2O3S/c1-4-5-10-21-13-8-6-12(7-9-13)17-15(19)14-11(2)18(3)16(20)22-14/h6-9H,4-5,10H2,1-3H3,(H,17,19). The van der Waals surface area contributed by atoms with Crippen molar-refractivity contribution in [1.82, 2.24) is 4.57 Å². The van der Waals surface area contributed by atoms with E-state index in [1.54, 1.807) is 26.1 Å². The van der Waals surface area contributed by atoms with Gasteiger partial charge < -0.3 is 14.6 Å². The fourth-order valence-corrected chi connectivity index (χ4v) is 2.76. The van der Waals surface area contributed by atoms with Crippen LogP contribution in [-0.4, -0.2) is 17.1 Å². The minimum atomic E-state index is -0.264. The van der Waals surface area contributed by atoms with Crippen molar-refractivity contribution in [2.45, 2.75) is 26.7 Å². The molecule has 0 atom stereocenters. The summed E-state index contributed by atoms with van der Waals surface area (Å²) in [5.74, 6) is 0.520. The average molecular weight is 320 g/mol. The van der Waals surface area contributed by atoms with Crippen molar-refractivity contribution in [3.63, 3.8) is 0 Å². The largest absolute Gasteiger partial charge is 0.494 e.